The van der Waals surface area contributed by atoms with Gasteiger partial charge in [0.05, 0.1) is 12.5 Å². The smallest absolute Gasteiger partial charge is 0.303 e. The van der Waals surface area contributed by atoms with Crippen molar-refractivity contribution in [3.8, 4) is 0 Å². The summed E-state index contributed by atoms with van der Waals surface area (Å²) >= 11 is 0. The van der Waals surface area contributed by atoms with Gasteiger partial charge in [-0.25, -0.2) is 0 Å². The van der Waals surface area contributed by atoms with E-state index in [1.807, 2.05) is 6.92 Å². The molecule has 0 radical (unpaired) electrons. The van der Waals surface area contributed by atoms with Gasteiger partial charge in [0.25, 0.3) is 0 Å². The molecule has 0 aliphatic rings. The lowest BCUT2D eigenvalue weighted by atomic mass is 9.97. The van der Waals surface area contributed by atoms with Crippen LogP contribution in [0, 0.1) is 5.92 Å². The Morgan fingerprint density at radius 2 is 2.10 bits per heavy atom. The number of carboxylic acid groups (broad SMARTS) is 1. The highest BCUT2D eigenvalue weighted by Gasteiger charge is 2.15. The van der Waals surface area contributed by atoms with E-state index in [2.05, 4.69) is 0 Å². The fraction of sp³-hybridized carbons (Fsp3) is 0.857. The van der Waals surface area contributed by atoms with Crippen molar-refractivity contribution in [1.29, 1.82) is 0 Å². The largest absolute Gasteiger partial charge is 0.481 e. The first-order valence-corrected chi connectivity index (χ1v) is 3.47. The molecule has 0 heterocycles. The van der Waals surface area contributed by atoms with E-state index in [1.54, 1.807) is 6.92 Å². The maximum Gasteiger partial charge on any atom is 0.303 e. The maximum atomic E-state index is 10.2. The highest BCUT2D eigenvalue weighted by molar-refractivity contribution is 5.67. The Morgan fingerprint density at radius 1 is 1.60 bits per heavy atom. The van der Waals surface area contributed by atoms with Crippen LogP contribution in [0.4, 0.5) is 0 Å². The van der Waals surface area contributed by atoms with E-state index in [4.69, 9.17) is 10.2 Å². The van der Waals surface area contributed by atoms with Crippen molar-refractivity contribution in [3.05, 3.63) is 0 Å². The second-order valence-corrected chi connectivity index (χ2v) is 2.51. The molecule has 0 bridgehead atoms. The number of aliphatic carboxylic acids is 1. The van der Waals surface area contributed by atoms with Crippen LogP contribution < -0.4 is 0 Å². The highest BCUT2D eigenvalue weighted by Crippen LogP contribution is 2.12. The van der Waals surface area contributed by atoms with Crippen LogP contribution in [0.15, 0.2) is 0 Å². The number of aliphatic hydroxyl groups excluding tert-OH is 1. The van der Waals surface area contributed by atoms with E-state index < -0.39 is 12.1 Å². The Labute approximate surface area is 60.7 Å². The molecule has 0 amide bonds. The first-order valence-electron chi connectivity index (χ1n) is 3.47. The van der Waals surface area contributed by atoms with Crippen molar-refractivity contribution in [2.24, 2.45) is 5.92 Å². The van der Waals surface area contributed by atoms with Gasteiger partial charge in [-0.1, -0.05) is 13.3 Å². The number of hydrogen-bond donors (Lipinski definition) is 2. The molecule has 2 atom stereocenters. The summed E-state index contributed by atoms with van der Waals surface area (Å²) in [6, 6.07) is 0. The van der Waals surface area contributed by atoms with E-state index >= 15 is 0 Å². The lowest BCUT2D eigenvalue weighted by molar-refractivity contribution is -0.139. The highest BCUT2D eigenvalue weighted by atomic mass is 16.4. The molecule has 2 N–H and O–H groups in total. The van der Waals surface area contributed by atoms with Gasteiger partial charge in [0.2, 0.25) is 0 Å². The zero-order chi connectivity index (χ0) is 8.15. The minimum atomic E-state index is -0.840. The summed E-state index contributed by atoms with van der Waals surface area (Å²) in [5.74, 6) is -0.940. The first kappa shape index (κ1) is 9.43. The van der Waals surface area contributed by atoms with Gasteiger partial charge in [-0.3, -0.25) is 4.79 Å². The zero-order valence-electron chi connectivity index (χ0n) is 6.37. The van der Waals surface area contributed by atoms with Crippen LogP contribution in [0.2, 0.25) is 0 Å². The van der Waals surface area contributed by atoms with Crippen molar-refractivity contribution in [3.63, 3.8) is 0 Å². The molecule has 0 rings (SSSR count). The molecule has 10 heavy (non-hydrogen) atoms. The third-order valence-corrected chi connectivity index (χ3v) is 1.64. The molecule has 0 spiro atoms. The minimum absolute atomic E-state index is 0.0637. The lowest BCUT2D eigenvalue weighted by Crippen LogP contribution is -2.19. The molecule has 60 valence electrons. The van der Waals surface area contributed by atoms with Gasteiger partial charge in [0.1, 0.15) is 0 Å². The number of carboxylic acids is 1. The van der Waals surface area contributed by atoms with E-state index in [-0.39, 0.29) is 12.3 Å². The lowest BCUT2D eigenvalue weighted by Gasteiger charge is -2.14. The second kappa shape index (κ2) is 4.28. The molecular weight excluding hydrogens is 132 g/mol. The quantitative estimate of drug-likeness (QED) is 0.618. The third-order valence-electron chi connectivity index (χ3n) is 1.64. The van der Waals surface area contributed by atoms with Crippen molar-refractivity contribution < 1.29 is 15.0 Å². The Balaban J connectivity index is 3.71. The number of carbonyl (C=O) groups is 1. The van der Waals surface area contributed by atoms with Crippen LogP contribution in [-0.4, -0.2) is 22.3 Å². The predicted octanol–water partition coefficient (Wildman–Crippen LogP) is 0.868. The van der Waals surface area contributed by atoms with Gasteiger partial charge in [0, 0.05) is 0 Å². The molecule has 0 aromatic rings. The van der Waals surface area contributed by atoms with Crippen molar-refractivity contribution in [2.75, 3.05) is 0 Å². The van der Waals surface area contributed by atoms with Crippen LogP contribution in [-0.2, 0) is 4.79 Å². The van der Waals surface area contributed by atoms with E-state index in [1.165, 1.54) is 0 Å². The molecule has 0 aromatic heterocycles. The summed E-state index contributed by atoms with van der Waals surface area (Å²) in [4.78, 5) is 10.2. The normalized spacial score (nSPS) is 16.3. The van der Waals surface area contributed by atoms with Gasteiger partial charge >= 0.3 is 5.97 Å². The summed E-state index contributed by atoms with van der Waals surface area (Å²) in [7, 11) is 0. The molecule has 0 aliphatic carbocycles. The predicted molar refractivity (Wildman–Crippen MR) is 37.7 cm³/mol. The average molecular weight is 146 g/mol. The molecular formula is C7H14O3. The summed E-state index contributed by atoms with van der Waals surface area (Å²) < 4.78 is 0. The Morgan fingerprint density at radius 3 is 2.20 bits per heavy atom. The minimum Gasteiger partial charge on any atom is -0.481 e. The molecule has 3 nitrogen and oxygen atoms in total. The second-order valence-electron chi connectivity index (χ2n) is 2.51. The zero-order valence-corrected chi connectivity index (χ0v) is 6.37. The topological polar surface area (TPSA) is 57.5 Å². The van der Waals surface area contributed by atoms with Crippen LogP contribution in [0.25, 0.3) is 0 Å². The van der Waals surface area contributed by atoms with Gasteiger partial charge in [-0.05, 0) is 12.8 Å². The van der Waals surface area contributed by atoms with Gasteiger partial charge < -0.3 is 10.2 Å². The van der Waals surface area contributed by atoms with Gasteiger partial charge in [-0.2, -0.15) is 0 Å². The summed E-state index contributed by atoms with van der Waals surface area (Å²) in [5, 5.41) is 17.4. The number of aliphatic hydroxyl groups is 1. The maximum absolute atomic E-state index is 10.2. The fourth-order valence-corrected chi connectivity index (χ4v) is 0.880. The molecule has 0 saturated carbocycles. The summed E-state index contributed by atoms with van der Waals surface area (Å²) in [5.41, 5.74) is 0. The SMILES string of the molecule is CCC(CC(=O)O)C(C)O. The Bertz CT molecular complexity index is 109. The summed E-state index contributed by atoms with van der Waals surface area (Å²) in [6.07, 6.45) is 0.263. The van der Waals surface area contributed by atoms with Crippen LogP contribution >= 0.6 is 0 Å². The van der Waals surface area contributed by atoms with Crippen molar-refractivity contribution in [1.82, 2.24) is 0 Å². The number of hydrogen-bond acceptors (Lipinski definition) is 2. The summed E-state index contributed by atoms with van der Waals surface area (Å²) in [6.45, 7) is 3.50. The van der Waals surface area contributed by atoms with Gasteiger partial charge in [0.15, 0.2) is 0 Å². The Kier molecular flexibility index (Phi) is 4.03. The standard InChI is InChI=1S/C7H14O3/c1-3-6(5(2)8)4-7(9)10/h5-6,8H,3-4H2,1-2H3,(H,9,10). The average Bonchev–Trinajstić information content (AvgIpc) is 1.81. The molecule has 0 fully saturated rings. The number of rotatable bonds is 4. The van der Waals surface area contributed by atoms with E-state index in [0.29, 0.717) is 6.42 Å². The van der Waals surface area contributed by atoms with Crippen LogP contribution in [0.5, 0.6) is 0 Å². The molecule has 0 aromatic carbocycles. The monoisotopic (exact) mass is 146 g/mol. The van der Waals surface area contributed by atoms with Crippen LogP contribution in [0.1, 0.15) is 26.7 Å². The molecule has 2 unspecified atom stereocenters. The van der Waals surface area contributed by atoms with E-state index in [9.17, 15) is 4.79 Å². The molecule has 0 saturated heterocycles. The van der Waals surface area contributed by atoms with Gasteiger partial charge in [-0.15, -0.1) is 0 Å². The fourth-order valence-electron chi connectivity index (χ4n) is 0.880. The van der Waals surface area contributed by atoms with E-state index in [0.717, 1.165) is 0 Å². The molecule has 0 aliphatic heterocycles. The third kappa shape index (κ3) is 3.45. The van der Waals surface area contributed by atoms with Crippen molar-refractivity contribution in [2.45, 2.75) is 32.8 Å². The molecule has 3 heteroatoms. The van der Waals surface area contributed by atoms with Crippen LogP contribution in [0.3, 0.4) is 0 Å². The Hall–Kier alpha value is -0.570. The van der Waals surface area contributed by atoms with Crippen molar-refractivity contribution >= 4 is 5.97 Å². The first-order chi connectivity index (χ1) is 4.57.